The quantitative estimate of drug-likeness (QED) is 0.771. The molecule has 1 saturated heterocycles. The molecule has 102 valence electrons. The molecule has 1 aliphatic rings. The summed E-state index contributed by atoms with van der Waals surface area (Å²) in [6.07, 6.45) is 0.214. The number of aliphatic hydroxyl groups excluding tert-OH is 1. The molecular formula is C14H18N2O3. The van der Waals surface area contributed by atoms with Gasteiger partial charge in [0.2, 0.25) is 11.8 Å². The second-order valence-electron chi connectivity index (χ2n) is 4.88. The van der Waals surface area contributed by atoms with E-state index in [0.29, 0.717) is 0 Å². The highest BCUT2D eigenvalue weighted by atomic mass is 16.3. The Morgan fingerprint density at radius 2 is 1.89 bits per heavy atom. The largest absolute Gasteiger partial charge is 0.396 e. The smallest absolute Gasteiger partial charge is 0.240 e. The molecule has 0 unspecified atom stereocenters. The fraction of sp³-hybridized carbons (Fsp3) is 0.429. The van der Waals surface area contributed by atoms with Crippen molar-refractivity contribution in [2.45, 2.75) is 6.42 Å². The summed E-state index contributed by atoms with van der Waals surface area (Å²) >= 11 is 0. The zero-order chi connectivity index (χ0) is 13.7. The number of carbonyl (C=O) groups excluding carboxylic acids is 2. The van der Waals surface area contributed by atoms with Gasteiger partial charge in [-0.15, -0.1) is 0 Å². The molecule has 0 aliphatic carbocycles. The van der Waals surface area contributed by atoms with E-state index in [9.17, 15) is 9.59 Å². The minimum atomic E-state index is -0.282. The maximum atomic E-state index is 11.6. The van der Waals surface area contributed by atoms with Crippen molar-refractivity contribution in [1.82, 2.24) is 10.2 Å². The summed E-state index contributed by atoms with van der Waals surface area (Å²) < 4.78 is 0. The summed E-state index contributed by atoms with van der Waals surface area (Å²) in [7, 11) is 0. The van der Waals surface area contributed by atoms with E-state index in [1.165, 1.54) is 0 Å². The van der Waals surface area contributed by atoms with E-state index in [0.717, 1.165) is 18.7 Å². The van der Waals surface area contributed by atoms with Gasteiger partial charge in [0.1, 0.15) is 0 Å². The van der Waals surface area contributed by atoms with Gasteiger partial charge in [-0.2, -0.15) is 0 Å². The predicted octanol–water partition coefficient (Wildman–Crippen LogP) is -0.204. The van der Waals surface area contributed by atoms with Crippen LogP contribution in [-0.4, -0.2) is 48.1 Å². The summed E-state index contributed by atoms with van der Waals surface area (Å²) in [5.41, 5.74) is 0.886. The zero-order valence-electron chi connectivity index (χ0n) is 10.7. The lowest BCUT2D eigenvalue weighted by molar-refractivity contribution is -0.131. The first kappa shape index (κ1) is 13.7. The van der Waals surface area contributed by atoms with E-state index >= 15 is 0 Å². The van der Waals surface area contributed by atoms with E-state index in [-0.39, 0.29) is 37.3 Å². The van der Waals surface area contributed by atoms with Crippen molar-refractivity contribution in [3.05, 3.63) is 35.9 Å². The Morgan fingerprint density at radius 3 is 2.53 bits per heavy atom. The number of benzene rings is 1. The van der Waals surface area contributed by atoms with Gasteiger partial charge in [0.25, 0.3) is 0 Å². The Hall–Kier alpha value is -1.72. The van der Waals surface area contributed by atoms with Gasteiger partial charge in [-0.05, 0) is 5.56 Å². The third kappa shape index (κ3) is 4.15. The topological polar surface area (TPSA) is 69.6 Å². The monoisotopic (exact) mass is 262 g/mol. The van der Waals surface area contributed by atoms with Gasteiger partial charge >= 0.3 is 0 Å². The maximum Gasteiger partial charge on any atom is 0.240 e. The lowest BCUT2D eigenvalue weighted by Gasteiger charge is -2.37. The Balaban J connectivity index is 1.69. The standard InChI is InChI=1S/C14H18N2O3/c17-10-12-7-16(8-12)9-14(19)15-13(18)6-11-4-2-1-3-5-11/h1-5,12,17H,6-10H2,(H,15,18,19). The Bertz CT molecular complexity index is 441. The first-order valence-electron chi connectivity index (χ1n) is 6.37. The van der Waals surface area contributed by atoms with E-state index < -0.39 is 0 Å². The number of rotatable bonds is 5. The van der Waals surface area contributed by atoms with E-state index in [2.05, 4.69) is 5.32 Å². The van der Waals surface area contributed by atoms with Crippen LogP contribution in [0, 0.1) is 5.92 Å². The molecule has 0 saturated carbocycles. The molecule has 2 N–H and O–H groups in total. The summed E-state index contributed by atoms with van der Waals surface area (Å²) in [6, 6.07) is 9.31. The van der Waals surface area contributed by atoms with Gasteiger partial charge in [0.05, 0.1) is 13.0 Å². The molecule has 5 nitrogen and oxygen atoms in total. The number of nitrogens with one attached hydrogen (secondary N) is 1. The summed E-state index contributed by atoms with van der Waals surface area (Å²) in [5.74, 6) is -0.291. The number of imide groups is 1. The van der Waals surface area contributed by atoms with Gasteiger partial charge in [0, 0.05) is 25.6 Å². The van der Waals surface area contributed by atoms with Crippen molar-refractivity contribution in [2.75, 3.05) is 26.2 Å². The number of nitrogens with zero attached hydrogens (tertiary/aromatic N) is 1. The predicted molar refractivity (Wildman–Crippen MR) is 70.3 cm³/mol. The normalized spacial score (nSPS) is 15.8. The van der Waals surface area contributed by atoms with Crippen molar-refractivity contribution >= 4 is 11.8 Å². The fourth-order valence-corrected chi connectivity index (χ4v) is 2.14. The number of hydrogen-bond acceptors (Lipinski definition) is 4. The molecule has 0 bridgehead atoms. The molecule has 0 radical (unpaired) electrons. The van der Waals surface area contributed by atoms with Crippen molar-refractivity contribution in [3.63, 3.8) is 0 Å². The second-order valence-corrected chi connectivity index (χ2v) is 4.88. The molecule has 1 heterocycles. The van der Waals surface area contributed by atoms with E-state index in [4.69, 9.17) is 5.11 Å². The number of aliphatic hydroxyl groups is 1. The lowest BCUT2D eigenvalue weighted by atomic mass is 10.0. The Labute approximate surface area is 112 Å². The summed E-state index contributed by atoms with van der Waals surface area (Å²) in [5, 5.41) is 11.2. The van der Waals surface area contributed by atoms with Crippen molar-refractivity contribution < 1.29 is 14.7 Å². The number of likely N-dealkylation sites (tertiary alicyclic amines) is 1. The van der Waals surface area contributed by atoms with Gasteiger partial charge in [-0.25, -0.2) is 0 Å². The third-order valence-electron chi connectivity index (χ3n) is 3.14. The number of hydrogen-bond donors (Lipinski definition) is 2. The maximum absolute atomic E-state index is 11.6. The Morgan fingerprint density at radius 1 is 1.21 bits per heavy atom. The van der Waals surface area contributed by atoms with Crippen molar-refractivity contribution in [2.24, 2.45) is 5.92 Å². The molecule has 2 rings (SSSR count). The minimum Gasteiger partial charge on any atom is -0.396 e. The van der Waals surface area contributed by atoms with Crippen LogP contribution in [0.15, 0.2) is 30.3 Å². The molecule has 0 spiro atoms. The molecule has 5 heteroatoms. The molecule has 1 aromatic rings. The van der Waals surface area contributed by atoms with E-state index in [1.807, 2.05) is 35.2 Å². The lowest BCUT2D eigenvalue weighted by Crippen LogP contribution is -2.52. The van der Waals surface area contributed by atoms with Gasteiger partial charge in [0.15, 0.2) is 0 Å². The average Bonchev–Trinajstić information content (AvgIpc) is 2.34. The van der Waals surface area contributed by atoms with Crippen LogP contribution in [0.3, 0.4) is 0 Å². The van der Waals surface area contributed by atoms with Gasteiger partial charge < -0.3 is 5.11 Å². The SMILES string of the molecule is O=C(Cc1ccccc1)NC(=O)CN1CC(CO)C1. The highest BCUT2D eigenvalue weighted by molar-refractivity contribution is 5.96. The summed E-state index contributed by atoms with van der Waals surface area (Å²) in [4.78, 5) is 25.2. The molecule has 19 heavy (non-hydrogen) atoms. The van der Waals surface area contributed by atoms with Gasteiger partial charge in [-0.3, -0.25) is 19.8 Å². The van der Waals surface area contributed by atoms with Crippen LogP contribution in [-0.2, 0) is 16.0 Å². The average molecular weight is 262 g/mol. The molecule has 1 aliphatic heterocycles. The van der Waals surface area contributed by atoms with Crippen LogP contribution < -0.4 is 5.32 Å². The highest BCUT2D eigenvalue weighted by Gasteiger charge is 2.27. The molecule has 1 fully saturated rings. The number of amides is 2. The van der Waals surface area contributed by atoms with Crippen LogP contribution in [0.2, 0.25) is 0 Å². The highest BCUT2D eigenvalue weighted by Crippen LogP contribution is 2.13. The van der Waals surface area contributed by atoms with Crippen molar-refractivity contribution in [1.29, 1.82) is 0 Å². The molecule has 2 amide bonds. The first-order valence-corrected chi connectivity index (χ1v) is 6.37. The molecule has 0 aromatic heterocycles. The number of carbonyl (C=O) groups is 2. The zero-order valence-corrected chi connectivity index (χ0v) is 10.7. The minimum absolute atomic E-state index is 0.158. The first-order chi connectivity index (χ1) is 9.17. The van der Waals surface area contributed by atoms with Crippen LogP contribution in [0.5, 0.6) is 0 Å². The van der Waals surface area contributed by atoms with Crippen LogP contribution in [0.1, 0.15) is 5.56 Å². The summed E-state index contributed by atoms with van der Waals surface area (Å²) in [6.45, 7) is 1.82. The molecular weight excluding hydrogens is 244 g/mol. The fourth-order valence-electron chi connectivity index (χ4n) is 2.14. The Kier molecular flexibility index (Phi) is 4.65. The van der Waals surface area contributed by atoms with Crippen LogP contribution in [0.4, 0.5) is 0 Å². The van der Waals surface area contributed by atoms with Crippen LogP contribution >= 0.6 is 0 Å². The van der Waals surface area contributed by atoms with E-state index in [1.54, 1.807) is 0 Å². The molecule has 0 atom stereocenters. The van der Waals surface area contributed by atoms with Crippen molar-refractivity contribution in [3.8, 4) is 0 Å². The molecule has 1 aromatic carbocycles. The van der Waals surface area contributed by atoms with Crippen LogP contribution in [0.25, 0.3) is 0 Å². The van der Waals surface area contributed by atoms with Gasteiger partial charge in [-0.1, -0.05) is 30.3 Å². The second kappa shape index (κ2) is 6.45. The third-order valence-corrected chi connectivity index (χ3v) is 3.14.